The second-order valence-corrected chi connectivity index (χ2v) is 4.65. The number of nitrogens with one attached hydrogen (secondary N) is 2. The van der Waals surface area contributed by atoms with Gasteiger partial charge in [-0.05, 0) is 49.0 Å². The molecule has 0 saturated heterocycles. The van der Waals surface area contributed by atoms with Crippen molar-refractivity contribution in [2.45, 2.75) is 6.92 Å². The summed E-state index contributed by atoms with van der Waals surface area (Å²) in [5.74, 6) is -0.285. The van der Waals surface area contributed by atoms with Crippen LogP contribution >= 0.6 is 12.2 Å². The van der Waals surface area contributed by atoms with E-state index in [-0.39, 0.29) is 5.82 Å². The molecule has 0 heterocycles. The van der Waals surface area contributed by atoms with Gasteiger partial charge >= 0.3 is 0 Å². The van der Waals surface area contributed by atoms with Crippen LogP contribution in [0.4, 0.5) is 10.1 Å². The van der Waals surface area contributed by atoms with E-state index >= 15 is 0 Å². The lowest BCUT2D eigenvalue weighted by atomic mass is 10.2. The fourth-order valence-electron chi connectivity index (χ4n) is 1.51. The molecule has 2 N–H and O–H groups in total. The molecule has 5 heteroatoms. The van der Waals surface area contributed by atoms with Crippen molar-refractivity contribution < 1.29 is 4.39 Å². The second kappa shape index (κ2) is 6.77. The number of hydrogen-bond acceptors (Lipinski definition) is 2. The summed E-state index contributed by atoms with van der Waals surface area (Å²) in [5.41, 5.74) is 5.59. The molecule has 0 aliphatic rings. The molecule has 2 aromatic carbocycles. The topological polar surface area (TPSA) is 36.4 Å². The summed E-state index contributed by atoms with van der Waals surface area (Å²) in [7, 11) is 0. The molecule has 0 aliphatic heterocycles. The standard InChI is InChI=1S/C15H14FN3S/c1-11-2-4-12(5-3-11)10-17-19-15(20)18-14-8-6-13(16)7-9-14/h2-10H,1H3,(H2,18,19,20)/b17-10-. The van der Waals surface area contributed by atoms with Crippen molar-refractivity contribution in [1.82, 2.24) is 5.43 Å². The van der Waals surface area contributed by atoms with Crippen LogP contribution in [0.25, 0.3) is 0 Å². The minimum absolute atomic E-state index is 0.285. The van der Waals surface area contributed by atoms with Crippen molar-refractivity contribution in [3.05, 3.63) is 65.5 Å². The van der Waals surface area contributed by atoms with Crippen molar-refractivity contribution in [2.75, 3.05) is 5.32 Å². The first-order valence-electron chi connectivity index (χ1n) is 6.06. The molecule has 0 atom stereocenters. The third kappa shape index (κ3) is 4.44. The zero-order valence-electron chi connectivity index (χ0n) is 10.9. The molecule has 0 amide bonds. The lowest BCUT2D eigenvalue weighted by Crippen LogP contribution is -2.23. The fourth-order valence-corrected chi connectivity index (χ4v) is 1.68. The number of hydrazone groups is 1. The van der Waals surface area contributed by atoms with Crippen LogP contribution in [0.2, 0.25) is 0 Å². The van der Waals surface area contributed by atoms with Gasteiger partial charge in [-0.2, -0.15) is 5.10 Å². The number of hydrogen-bond donors (Lipinski definition) is 2. The lowest BCUT2D eigenvalue weighted by Gasteiger charge is -2.06. The minimum atomic E-state index is -0.285. The number of benzene rings is 2. The Bertz CT molecular complexity index is 606. The number of anilines is 1. The minimum Gasteiger partial charge on any atom is -0.331 e. The summed E-state index contributed by atoms with van der Waals surface area (Å²) in [6.45, 7) is 2.03. The lowest BCUT2D eigenvalue weighted by molar-refractivity contribution is 0.628. The second-order valence-electron chi connectivity index (χ2n) is 4.24. The van der Waals surface area contributed by atoms with Crippen molar-refractivity contribution in [3.63, 3.8) is 0 Å². The van der Waals surface area contributed by atoms with Crippen LogP contribution in [-0.2, 0) is 0 Å². The summed E-state index contributed by atoms with van der Waals surface area (Å²) < 4.78 is 12.7. The normalized spacial score (nSPS) is 10.5. The molecule has 20 heavy (non-hydrogen) atoms. The van der Waals surface area contributed by atoms with E-state index in [4.69, 9.17) is 12.2 Å². The Morgan fingerprint density at radius 1 is 1.10 bits per heavy atom. The van der Waals surface area contributed by atoms with E-state index in [1.165, 1.54) is 17.7 Å². The molecule has 2 rings (SSSR count). The van der Waals surface area contributed by atoms with Gasteiger partial charge in [0, 0.05) is 5.69 Å². The van der Waals surface area contributed by atoms with Gasteiger partial charge in [0.25, 0.3) is 0 Å². The van der Waals surface area contributed by atoms with Crippen molar-refractivity contribution in [2.24, 2.45) is 5.10 Å². The first-order valence-corrected chi connectivity index (χ1v) is 6.46. The number of thiocarbonyl (C=S) groups is 1. The van der Waals surface area contributed by atoms with Crippen LogP contribution < -0.4 is 10.7 Å². The van der Waals surface area contributed by atoms with Crippen molar-refractivity contribution in [1.29, 1.82) is 0 Å². The van der Waals surface area contributed by atoms with E-state index < -0.39 is 0 Å². The van der Waals surface area contributed by atoms with Gasteiger partial charge in [-0.25, -0.2) is 4.39 Å². The predicted molar refractivity (Wildman–Crippen MR) is 84.5 cm³/mol. The fraction of sp³-hybridized carbons (Fsp3) is 0.0667. The van der Waals surface area contributed by atoms with E-state index in [9.17, 15) is 4.39 Å². The highest BCUT2D eigenvalue weighted by molar-refractivity contribution is 7.80. The Hall–Kier alpha value is -2.27. The average Bonchev–Trinajstić information content (AvgIpc) is 2.44. The molecule has 0 unspecified atom stereocenters. The number of rotatable bonds is 3. The van der Waals surface area contributed by atoms with Gasteiger partial charge in [-0.15, -0.1) is 0 Å². The Labute approximate surface area is 122 Å². The zero-order chi connectivity index (χ0) is 14.4. The van der Waals surface area contributed by atoms with E-state index in [0.717, 1.165) is 5.56 Å². The largest absolute Gasteiger partial charge is 0.331 e. The molecule has 3 nitrogen and oxygen atoms in total. The molecule has 0 spiro atoms. The highest BCUT2D eigenvalue weighted by Gasteiger charge is 1.96. The van der Waals surface area contributed by atoms with E-state index in [1.807, 2.05) is 31.2 Å². The number of nitrogens with zero attached hydrogens (tertiary/aromatic N) is 1. The van der Waals surface area contributed by atoms with Crippen LogP contribution in [0.3, 0.4) is 0 Å². The van der Waals surface area contributed by atoms with Gasteiger partial charge in [0.1, 0.15) is 5.82 Å². The predicted octanol–water partition coefficient (Wildman–Crippen LogP) is 3.45. The molecular weight excluding hydrogens is 273 g/mol. The van der Waals surface area contributed by atoms with Crippen molar-refractivity contribution >= 4 is 29.2 Å². The summed E-state index contributed by atoms with van der Waals surface area (Å²) in [4.78, 5) is 0. The monoisotopic (exact) mass is 287 g/mol. The van der Waals surface area contributed by atoms with Gasteiger partial charge in [0.15, 0.2) is 5.11 Å². The summed E-state index contributed by atoms with van der Waals surface area (Å²) in [5, 5.41) is 7.28. The first-order chi connectivity index (χ1) is 9.63. The first kappa shape index (κ1) is 14.1. The van der Waals surface area contributed by atoms with Gasteiger partial charge in [-0.3, -0.25) is 5.43 Å². The van der Waals surface area contributed by atoms with Gasteiger partial charge in [-0.1, -0.05) is 29.8 Å². The summed E-state index contributed by atoms with van der Waals surface area (Å²) >= 11 is 5.08. The third-order valence-electron chi connectivity index (χ3n) is 2.56. The zero-order valence-corrected chi connectivity index (χ0v) is 11.7. The molecule has 0 radical (unpaired) electrons. The quantitative estimate of drug-likeness (QED) is 0.516. The molecule has 0 aliphatic carbocycles. The number of halogens is 1. The summed E-state index contributed by atoms with van der Waals surface area (Å²) in [6.07, 6.45) is 1.68. The van der Waals surface area contributed by atoms with Gasteiger partial charge in [0.05, 0.1) is 6.21 Å². The number of aryl methyl sites for hydroxylation is 1. The molecule has 0 bridgehead atoms. The van der Waals surface area contributed by atoms with Crippen molar-refractivity contribution in [3.8, 4) is 0 Å². The van der Waals surface area contributed by atoms with E-state index in [0.29, 0.717) is 10.8 Å². The maximum Gasteiger partial charge on any atom is 0.191 e. The smallest absolute Gasteiger partial charge is 0.191 e. The molecule has 2 aromatic rings. The highest BCUT2D eigenvalue weighted by atomic mass is 32.1. The van der Waals surface area contributed by atoms with Crippen LogP contribution in [0.15, 0.2) is 53.6 Å². The molecule has 0 saturated carbocycles. The molecule has 0 fully saturated rings. The molecular formula is C15H14FN3S. The van der Waals surface area contributed by atoms with E-state index in [1.54, 1.807) is 18.3 Å². The van der Waals surface area contributed by atoms with Crippen LogP contribution in [0, 0.1) is 12.7 Å². The van der Waals surface area contributed by atoms with Crippen LogP contribution in [0.5, 0.6) is 0 Å². The maximum atomic E-state index is 12.7. The van der Waals surface area contributed by atoms with Gasteiger partial charge in [0.2, 0.25) is 0 Å². The van der Waals surface area contributed by atoms with Crippen LogP contribution in [0.1, 0.15) is 11.1 Å². The van der Waals surface area contributed by atoms with Gasteiger partial charge < -0.3 is 5.32 Å². The Kier molecular flexibility index (Phi) is 4.79. The van der Waals surface area contributed by atoms with Crippen LogP contribution in [-0.4, -0.2) is 11.3 Å². The third-order valence-corrected chi connectivity index (χ3v) is 2.75. The molecule has 0 aromatic heterocycles. The summed E-state index contributed by atoms with van der Waals surface area (Å²) in [6, 6.07) is 13.9. The average molecular weight is 287 g/mol. The Morgan fingerprint density at radius 2 is 1.75 bits per heavy atom. The maximum absolute atomic E-state index is 12.7. The molecule has 102 valence electrons. The Morgan fingerprint density at radius 3 is 2.40 bits per heavy atom. The van der Waals surface area contributed by atoms with E-state index in [2.05, 4.69) is 15.8 Å². The highest BCUT2D eigenvalue weighted by Crippen LogP contribution is 2.07. The SMILES string of the molecule is Cc1ccc(/C=N\NC(=S)Nc2ccc(F)cc2)cc1. The Balaban J connectivity index is 1.85.